The summed E-state index contributed by atoms with van der Waals surface area (Å²) in [5, 5.41) is 7.79. The number of aliphatic imine (C=N–C) groups is 1. The lowest BCUT2D eigenvalue weighted by Crippen LogP contribution is -2.38. The van der Waals surface area contributed by atoms with E-state index in [-0.39, 0.29) is 6.04 Å². The van der Waals surface area contributed by atoms with Crippen LogP contribution in [0.2, 0.25) is 0 Å². The Balaban J connectivity index is 1.74. The van der Waals surface area contributed by atoms with E-state index < -0.39 is 0 Å². The van der Waals surface area contributed by atoms with Crippen molar-refractivity contribution in [3.8, 4) is 0 Å². The highest BCUT2D eigenvalue weighted by Gasteiger charge is 2.13. The smallest absolute Gasteiger partial charge is 0.192 e. The number of hydrogen-bond acceptors (Lipinski definition) is 3. The van der Waals surface area contributed by atoms with Gasteiger partial charge in [0.05, 0.1) is 18.3 Å². The number of fused-ring (bicyclic) bond motifs is 1. The molecular weight excluding hydrogens is 312 g/mol. The number of aromatic nitrogens is 1. The van der Waals surface area contributed by atoms with Crippen LogP contribution in [0, 0.1) is 6.92 Å². The Morgan fingerprint density at radius 1 is 1.24 bits per heavy atom. The van der Waals surface area contributed by atoms with Gasteiger partial charge in [-0.25, -0.2) is 4.99 Å². The lowest BCUT2D eigenvalue weighted by atomic mass is 10.2. The van der Waals surface area contributed by atoms with Gasteiger partial charge in [-0.15, -0.1) is 0 Å². The number of para-hydroxylation sites is 1. The van der Waals surface area contributed by atoms with Crippen molar-refractivity contribution in [1.29, 1.82) is 0 Å². The Kier molecular flexibility index (Phi) is 5.33. The fourth-order valence-corrected chi connectivity index (χ4v) is 2.65. The summed E-state index contributed by atoms with van der Waals surface area (Å²) in [5.41, 5.74) is 3.03. The van der Waals surface area contributed by atoms with E-state index in [4.69, 9.17) is 4.42 Å². The quantitative estimate of drug-likeness (QED) is 0.547. The van der Waals surface area contributed by atoms with Crippen molar-refractivity contribution in [3.63, 3.8) is 0 Å². The molecule has 0 radical (unpaired) electrons. The second-order valence-electron chi connectivity index (χ2n) is 6.01. The number of aryl methyl sites for hydroxylation is 1. The van der Waals surface area contributed by atoms with Crippen LogP contribution in [-0.2, 0) is 6.54 Å². The number of nitrogens with one attached hydrogen (secondary N) is 2. The molecule has 5 nitrogen and oxygen atoms in total. The molecule has 0 aliphatic rings. The highest BCUT2D eigenvalue weighted by atomic mass is 16.3. The van der Waals surface area contributed by atoms with Crippen molar-refractivity contribution < 1.29 is 4.42 Å². The summed E-state index contributed by atoms with van der Waals surface area (Å²) < 4.78 is 5.93. The van der Waals surface area contributed by atoms with Crippen molar-refractivity contribution in [2.45, 2.75) is 33.4 Å². The van der Waals surface area contributed by atoms with Crippen LogP contribution in [0.5, 0.6) is 0 Å². The van der Waals surface area contributed by atoms with Gasteiger partial charge in [-0.05, 0) is 44.5 Å². The lowest BCUT2D eigenvalue weighted by Gasteiger charge is -2.16. The maximum absolute atomic E-state index is 5.93. The number of guanidine groups is 1. The van der Waals surface area contributed by atoms with Gasteiger partial charge in [0.15, 0.2) is 5.96 Å². The van der Waals surface area contributed by atoms with Gasteiger partial charge in [0.1, 0.15) is 11.3 Å². The van der Waals surface area contributed by atoms with Crippen LogP contribution in [0.25, 0.3) is 11.0 Å². The van der Waals surface area contributed by atoms with Gasteiger partial charge in [0, 0.05) is 18.1 Å². The molecule has 0 saturated heterocycles. The van der Waals surface area contributed by atoms with Crippen LogP contribution in [0.1, 0.15) is 36.9 Å². The van der Waals surface area contributed by atoms with E-state index in [1.807, 2.05) is 24.3 Å². The van der Waals surface area contributed by atoms with Crippen LogP contribution in [0.4, 0.5) is 0 Å². The zero-order valence-electron chi connectivity index (χ0n) is 14.9. The van der Waals surface area contributed by atoms with Gasteiger partial charge >= 0.3 is 0 Å². The molecule has 2 heterocycles. The number of nitrogens with zero attached hydrogens (tertiary/aromatic N) is 2. The summed E-state index contributed by atoms with van der Waals surface area (Å²) in [6, 6.07) is 14.1. The number of furan rings is 1. The SMILES string of the molecule is CCNC(=NCc1ncccc1C)NC(C)c1cc2ccccc2o1. The molecule has 0 saturated carbocycles. The van der Waals surface area contributed by atoms with Gasteiger partial charge in [0.25, 0.3) is 0 Å². The lowest BCUT2D eigenvalue weighted by molar-refractivity contribution is 0.488. The second kappa shape index (κ2) is 7.83. The van der Waals surface area contributed by atoms with Crippen LogP contribution in [0.15, 0.2) is 58.1 Å². The molecule has 0 aliphatic heterocycles. The van der Waals surface area contributed by atoms with E-state index in [0.717, 1.165) is 40.5 Å². The summed E-state index contributed by atoms with van der Waals surface area (Å²) in [6.07, 6.45) is 1.80. The van der Waals surface area contributed by atoms with Crippen LogP contribution >= 0.6 is 0 Å². The third-order valence-electron chi connectivity index (χ3n) is 4.07. The van der Waals surface area contributed by atoms with Crippen molar-refractivity contribution >= 4 is 16.9 Å². The third-order valence-corrected chi connectivity index (χ3v) is 4.07. The van der Waals surface area contributed by atoms with Gasteiger partial charge in [-0.2, -0.15) is 0 Å². The standard InChI is InChI=1S/C20H24N4O/c1-4-21-20(23-13-17-14(2)8-7-11-22-17)24-15(3)19-12-16-9-5-6-10-18(16)25-19/h5-12,15H,4,13H2,1-3H3,(H2,21,23,24). The first-order chi connectivity index (χ1) is 12.2. The molecule has 0 spiro atoms. The summed E-state index contributed by atoms with van der Waals surface area (Å²) >= 11 is 0. The normalized spacial score (nSPS) is 13.0. The van der Waals surface area contributed by atoms with Crippen LogP contribution in [0.3, 0.4) is 0 Å². The van der Waals surface area contributed by atoms with E-state index in [1.165, 1.54) is 0 Å². The predicted octanol–water partition coefficient (Wildman–Crippen LogP) is 3.95. The average molecular weight is 336 g/mol. The van der Waals surface area contributed by atoms with Gasteiger partial charge < -0.3 is 15.1 Å². The highest BCUT2D eigenvalue weighted by Crippen LogP contribution is 2.23. The minimum absolute atomic E-state index is 0.00929. The van der Waals surface area contributed by atoms with Crippen molar-refractivity contribution in [3.05, 3.63) is 65.7 Å². The first-order valence-electron chi connectivity index (χ1n) is 8.61. The van der Waals surface area contributed by atoms with Crippen molar-refractivity contribution in [2.24, 2.45) is 4.99 Å². The fourth-order valence-electron chi connectivity index (χ4n) is 2.65. The fraction of sp³-hybridized carbons (Fsp3) is 0.300. The number of rotatable bonds is 5. The maximum atomic E-state index is 5.93. The molecule has 0 aliphatic carbocycles. The molecule has 3 rings (SSSR count). The molecule has 2 aromatic heterocycles. The third kappa shape index (κ3) is 4.18. The van der Waals surface area contributed by atoms with Crippen LogP contribution in [-0.4, -0.2) is 17.5 Å². The first-order valence-corrected chi connectivity index (χ1v) is 8.61. The zero-order valence-corrected chi connectivity index (χ0v) is 14.9. The Labute approximate surface area is 148 Å². The predicted molar refractivity (Wildman–Crippen MR) is 102 cm³/mol. The number of benzene rings is 1. The molecular formula is C20H24N4O. The average Bonchev–Trinajstić information content (AvgIpc) is 3.05. The van der Waals surface area contributed by atoms with Crippen LogP contribution < -0.4 is 10.6 Å². The second-order valence-corrected chi connectivity index (χ2v) is 6.01. The first kappa shape index (κ1) is 17.0. The van der Waals surface area contributed by atoms with E-state index >= 15 is 0 Å². The molecule has 0 fully saturated rings. The molecule has 1 atom stereocenters. The molecule has 1 aromatic carbocycles. The topological polar surface area (TPSA) is 62.5 Å². The van der Waals surface area contributed by atoms with E-state index in [0.29, 0.717) is 6.54 Å². The number of hydrogen-bond donors (Lipinski definition) is 2. The molecule has 2 N–H and O–H groups in total. The Hall–Kier alpha value is -2.82. The minimum atomic E-state index is 0.00929. The summed E-state index contributed by atoms with van der Waals surface area (Å²) in [4.78, 5) is 9.05. The van der Waals surface area contributed by atoms with E-state index in [9.17, 15) is 0 Å². The van der Waals surface area contributed by atoms with E-state index in [2.05, 4.69) is 59.6 Å². The minimum Gasteiger partial charge on any atom is -0.459 e. The molecule has 25 heavy (non-hydrogen) atoms. The Bertz CT molecular complexity index is 836. The molecule has 5 heteroatoms. The summed E-state index contributed by atoms with van der Waals surface area (Å²) in [6.45, 7) is 7.50. The van der Waals surface area contributed by atoms with Gasteiger partial charge in [0.2, 0.25) is 0 Å². The Morgan fingerprint density at radius 3 is 2.84 bits per heavy atom. The van der Waals surface area contributed by atoms with Gasteiger partial charge in [-0.1, -0.05) is 24.3 Å². The maximum Gasteiger partial charge on any atom is 0.192 e. The molecule has 0 bridgehead atoms. The molecule has 3 aromatic rings. The van der Waals surface area contributed by atoms with E-state index in [1.54, 1.807) is 6.20 Å². The van der Waals surface area contributed by atoms with Crippen molar-refractivity contribution in [2.75, 3.05) is 6.54 Å². The summed E-state index contributed by atoms with van der Waals surface area (Å²) in [5.74, 6) is 1.64. The summed E-state index contributed by atoms with van der Waals surface area (Å²) in [7, 11) is 0. The number of pyridine rings is 1. The highest BCUT2D eigenvalue weighted by molar-refractivity contribution is 5.81. The monoisotopic (exact) mass is 336 g/mol. The molecule has 0 amide bonds. The van der Waals surface area contributed by atoms with Crippen molar-refractivity contribution in [1.82, 2.24) is 15.6 Å². The molecule has 130 valence electrons. The molecule has 1 unspecified atom stereocenters. The largest absolute Gasteiger partial charge is 0.459 e. The Morgan fingerprint density at radius 2 is 2.08 bits per heavy atom. The van der Waals surface area contributed by atoms with Gasteiger partial charge in [-0.3, -0.25) is 4.98 Å². The zero-order chi connectivity index (χ0) is 17.6.